The zero-order valence-corrected chi connectivity index (χ0v) is 17.0. The van der Waals surface area contributed by atoms with E-state index in [1.54, 1.807) is 0 Å². The summed E-state index contributed by atoms with van der Waals surface area (Å²) in [6.07, 6.45) is 1.37. The summed E-state index contributed by atoms with van der Waals surface area (Å²) in [7, 11) is 0. The van der Waals surface area contributed by atoms with E-state index < -0.39 is 5.76 Å². The molecule has 1 aromatic heterocycles. The molecular formula is C23H27N3O3. The minimum absolute atomic E-state index is 0.0276. The summed E-state index contributed by atoms with van der Waals surface area (Å²) in [4.78, 5) is 31.1. The number of amides is 1. The lowest BCUT2D eigenvalue weighted by atomic mass is 9.80. The first-order chi connectivity index (χ1) is 13.9. The largest absolute Gasteiger partial charge is 0.417 e. The van der Waals surface area contributed by atoms with E-state index in [9.17, 15) is 9.59 Å². The third-order valence-corrected chi connectivity index (χ3v) is 5.92. The molecule has 0 saturated carbocycles. The molecule has 1 saturated heterocycles. The fraction of sp³-hybridized carbons (Fsp3) is 0.391. The van der Waals surface area contributed by atoms with Crippen LogP contribution in [0.4, 0.5) is 5.69 Å². The molecule has 152 valence electrons. The number of carbonyl (C=O) groups is 1. The molecule has 3 aromatic rings. The first-order valence-corrected chi connectivity index (χ1v) is 10.1. The second-order valence-corrected chi connectivity index (χ2v) is 8.29. The summed E-state index contributed by atoms with van der Waals surface area (Å²) in [6, 6.07) is 16.1. The van der Waals surface area contributed by atoms with E-state index >= 15 is 0 Å². The second kappa shape index (κ2) is 7.78. The Labute approximate surface area is 170 Å². The topological polar surface area (TPSA) is 69.6 Å². The van der Waals surface area contributed by atoms with Gasteiger partial charge in [-0.05, 0) is 29.5 Å². The smallest absolute Gasteiger partial charge is 0.406 e. The molecule has 0 aliphatic carbocycles. The molecule has 1 aliphatic heterocycles. The Morgan fingerprint density at radius 1 is 1.03 bits per heavy atom. The van der Waals surface area contributed by atoms with Gasteiger partial charge >= 0.3 is 5.76 Å². The average Bonchev–Trinajstić information content (AvgIpc) is 3.13. The van der Waals surface area contributed by atoms with E-state index in [4.69, 9.17) is 4.42 Å². The number of oxazole rings is 1. The van der Waals surface area contributed by atoms with Crippen molar-refractivity contribution in [3.8, 4) is 0 Å². The molecule has 1 N–H and O–H groups in total. The Morgan fingerprint density at radius 2 is 1.76 bits per heavy atom. The average molecular weight is 393 g/mol. The molecule has 1 fully saturated rings. The van der Waals surface area contributed by atoms with Gasteiger partial charge in [0.05, 0.1) is 11.2 Å². The number of nitrogens with one attached hydrogen (secondary N) is 1. The second-order valence-electron chi connectivity index (χ2n) is 8.29. The van der Waals surface area contributed by atoms with Crippen LogP contribution in [-0.4, -0.2) is 42.0 Å². The number of carbonyl (C=O) groups excluding carboxylic acids is 1. The van der Waals surface area contributed by atoms with Crippen molar-refractivity contribution in [1.29, 1.82) is 0 Å². The van der Waals surface area contributed by atoms with E-state index in [1.807, 2.05) is 41.3 Å². The minimum Gasteiger partial charge on any atom is -0.406 e. The number of fused-ring (bicyclic) bond motifs is 1. The Morgan fingerprint density at radius 3 is 2.48 bits per heavy atom. The van der Waals surface area contributed by atoms with Crippen LogP contribution < -0.4 is 10.7 Å². The van der Waals surface area contributed by atoms with Crippen LogP contribution in [0.15, 0.2) is 57.7 Å². The summed E-state index contributed by atoms with van der Waals surface area (Å²) in [5.74, 6) is -0.234. The lowest BCUT2D eigenvalue weighted by molar-refractivity contribution is -0.131. The van der Waals surface area contributed by atoms with Gasteiger partial charge in [-0.2, -0.15) is 0 Å². The van der Waals surface area contributed by atoms with Crippen LogP contribution in [0.25, 0.3) is 11.1 Å². The Bertz CT molecular complexity index is 1040. The molecule has 0 unspecified atom stereocenters. The highest BCUT2D eigenvalue weighted by Gasteiger charge is 2.26. The van der Waals surface area contributed by atoms with E-state index in [0.717, 1.165) is 25.2 Å². The van der Waals surface area contributed by atoms with E-state index in [2.05, 4.69) is 35.9 Å². The summed E-state index contributed by atoms with van der Waals surface area (Å²) in [6.45, 7) is 7.19. The van der Waals surface area contributed by atoms with E-state index in [-0.39, 0.29) is 11.3 Å². The molecule has 0 atom stereocenters. The number of hydrogen-bond donors (Lipinski definition) is 1. The predicted octanol–water partition coefficient (Wildman–Crippen LogP) is 3.53. The van der Waals surface area contributed by atoms with Crippen molar-refractivity contribution >= 4 is 22.7 Å². The molecule has 2 heterocycles. The number of aromatic amines is 1. The van der Waals surface area contributed by atoms with Gasteiger partial charge in [0, 0.05) is 32.6 Å². The van der Waals surface area contributed by atoms with Gasteiger partial charge in [0.1, 0.15) is 0 Å². The molecule has 0 radical (unpaired) electrons. The fourth-order valence-corrected chi connectivity index (χ4v) is 4.02. The van der Waals surface area contributed by atoms with Crippen LogP contribution in [0.5, 0.6) is 0 Å². The zero-order chi connectivity index (χ0) is 20.4. The number of piperazine rings is 1. The van der Waals surface area contributed by atoms with Crippen molar-refractivity contribution in [3.05, 3.63) is 64.6 Å². The predicted molar refractivity (Wildman–Crippen MR) is 114 cm³/mol. The van der Waals surface area contributed by atoms with Crippen molar-refractivity contribution < 1.29 is 9.21 Å². The first kappa shape index (κ1) is 19.3. The van der Waals surface area contributed by atoms with Gasteiger partial charge in [0.2, 0.25) is 5.91 Å². The first-order valence-electron chi connectivity index (χ1n) is 10.1. The number of hydrogen-bond acceptors (Lipinski definition) is 4. The van der Waals surface area contributed by atoms with Gasteiger partial charge in [0.15, 0.2) is 5.58 Å². The van der Waals surface area contributed by atoms with Crippen LogP contribution in [0.1, 0.15) is 32.3 Å². The molecule has 6 heteroatoms. The number of para-hydroxylation sites is 1. The molecular weight excluding hydrogens is 366 g/mol. The van der Waals surface area contributed by atoms with Crippen molar-refractivity contribution in [2.24, 2.45) is 0 Å². The Balaban J connectivity index is 1.35. The molecule has 6 nitrogen and oxygen atoms in total. The van der Waals surface area contributed by atoms with Crippen LogP contribution in [0, 0.1) is 0 Å². The number of benzene rings is 2. The SMILES string of the molecule is CC(C)(CCC(=O)N1CCN(c2cccc3[nH]c(=O)oc23)CC1)c1ccccc1. The standard InChI is InChI=1S/C23H27N3O3/c1-23(2,17-7-4-3-5-8-17)12-11-20(27)26-15-13-25(14-16-26)19-10-6-9-18-21(19)29-22(28)24-18/h3-10H,11-16H2,1-2H3,(H,24,28). The van der Waals surface area contributed by atoms with Crippen molar-refractivity contribution in [2.75, 3.05) is 31.1 Å². The van der Waals surface area contributed by atoms with Gasteiger partial charge < -0.3 is 14.2 Å². The lowest BCUT2D eigenvalue weighted by Gasteiger charge is -2.36. The highest BCUT2D eigenvalue weighted by atomic mass is 16.4. The highest BCUT2D eigenvalue weighted by Crippen LogP contribution is 2.29. The number of aromatic nitrogens is 1. The molecule has 0 bridgehead atoms. The molecule has 1 aliphatic rings. The Hall–Kier alpha value is -3.02. The highest BCUT2D eigenvalue weighted by molar-refractivity contribution is 5.86. The fourth-order valence-electron chi connectivity index (χ4n) is 4.02. The molecule has 0 spiro atoms. The monoisotopic (exact) mass is 393 g/mol. The molecule has 29 heavy (non-hydrogen) atoms. The summed E-state index contributed by atoms with van der Waals surface area (Å²) in [5.41, 5.74) is 3.42. The van der Waals surface area contributed by atoms with Crippen LogP contribution >= 0.6 is 0 Å². The number of anilines is 1. The maximum absolute atomic E-state index is 12.8. The maximum Gasteiger partial charge on any atom is 0.417 e. The van der Waals surface area contributed by atoms with Crippen molar-refractivity contribution in [2.45, 2.75) is 32.1 Å². The van der Waals surface area contributed by atoms with Crippen LogP contribution in [0.2, 0.25) is 0 Å². The van der Waals surface area contributed by atoms with Gasteiger partial charge in [-0.1, -0.05) is 50.2 Å². The van der Waals surface area contributed by atoms with Crippen LogP contribution in [0.3, 0.4) is 0 Å². The maximum atomic E-state index is 12.8. The Kier molecular flexibility index (Phi) is 5.18. The summed E-state index contributed by atoms with van der Waals surface area (Å²) in [5, 5.41) is 0. The molecule has 4 rings (SSSR count). The van der Waals surface area contributed by atoms with Crippen molar-refractivity contribution in [1.82, 2.24) is 9.88 Å². The lowest BCUT2D eigenvalue weighted by Crippen LogP contribution is -2.49. The molecule has 2 aromatic carbocycles. The molecule has 1 amide bonds. The normalized spacial score (nSPS) is 15.1. The summed E-state index contributed by atoms with van der Waals surface area (Å²) >= 11 is 0. The van der Waals surface area contributed by atoms with Gasteiger partial charge in [-0.25, -0.2) is 4.79 Å². The minimum atomic E-state index is -0.442. The van der Waals surface area contributed by atoms with Crippen LogP contribution in [-0.2, 0) is 10.2 Å². The summed E-state index contributed by atoms with van der Waals surface area (Å²) < 4.78 is 5.31. The number of H-pyrrole nitrogens is 1. The van der Waals surface area contributed by atoms with E-state index in [1.165, 1.54) is 5.56 Å². The zero-order valence-electron chi connectivity index (χ0n) is 17.0. The van der Waals surface area contributed by atoms with Gasteiger partial charge in [-0.3, -0.25) is 9.78 Å². The third-order valence-electron chi connectivity index (χ3n) is 5.92. The third kappa shape index (κ3) is 4.06. The number of rotatable bonds is 5. The number of nitrogens with zero attached hydrogens (tertiary/aromatic N) is 2. The quantitative estimate of drug-likeness (QED) is 0.720. The van der Waals surface area contributed by atoms with E-state index in [0.29, 0.717) is 30.6 Å². The van der Waals surface area contributed by atoms with Gasteiger partial charge in [-0.15, -0.1) is 0 Å². The van der Waals surface area contributed by atoms with Crippen molar-refractivity contribution in [3.63, 3.8) is 0 Å². The van der Waals surface area contributed by atoms with Gasteiger partial charge in [0.25, 0.3) is 0 Å².